The molecular formula is C6H8N2O2S. The highest BCUT2D eigenvalue weighted by molar-refractivity contribution is 7.91. The van der Waals surface area contributed by atoms with Gasteiger partial charge in [-0.1, -0.05) is 0 Å². The minimum atomic E-state index is -3.15. The van der Waals surface area contributed by atoms with E-state index in [1.54, 1.807) is 12.1 Å². The molecule has 0 N–H and O–H groups in total. The van der Waals surface area contributed by atoms with Crippen molar-refractivity contribution in [2.75, 3.05) is 11.5 Å². The quantitative estimate of drug-likeness (QED) is 0.607. The van der Waals surface area contributed by atoms with Gasteiger partial charge in [-0.15, -0.1) is 0 Å². The third kappa shape index (κ3) is 5.38. The zero-order chi connectivity index (χ0) is 8.74. The Bertz CT molecular complexity index is 257. The Morgan fingerprint density at radius 2 is 1.36 bits per heavy atom. The summed E-state index contributed by atoms with van der Waals surface area (Å²) in [6.45, 7) is 0. The molecule has 0 amide bonds. The van der Waals surface area contributed by atoms with Gasteiger partial charge in [-0.3, -0.25) is 0 Å². The van der Waals surface area contributed by atoms with Crippen LogP contribution in [0.25, 0.3) is 0 Å². The van der Waals surface area contributed by atoms with Gasteiger partial charge in [0.15, 0.2) is 9.84 Å². The second-order valence-corrected chi connectivity index (χ2v) is 4.27. The Kier molecular flexibility index (Phi) is 4.24. The van der Waals surface area contributed by atoms with Gasteiger partial charge in [0.05, 0.1) is 23.6 Å². The normalized spacial score (nSPS) is 10.0. The lowest BCUT2D eigenvalue weighted by molar-refractivity contribution is 0.595. The van der Waals surface area contributed by atoms with E-state index in [9.17, 15) is 8.42 Å². The highest BCUT2D eigenvalue weighted by Gasteiger charge is 2.08. The van der Waals surface area contributed by atoms with Crippen molar-refractivity contribution in [1.82, 2.24) is 0 Å². The number of hydrogen-bond donors (Lipinski definition) is 0. The summed E-state index contributed by atoms with van der Waals surface area (Å²) in [4.78, 5) is 0. The molecule has 60 valence electrons. The summed E-state index contributed by atoms with van der Waals surface area (Å²) in [6.07, 6.45) is 0.0154. The molecule has 0 aromatic rings. The van der Waals surface area contributed by atoms with Crippen molar-refractivity contribution < 1.29 is 8.42 Å². The first-order valence-corrected chi connectivity index (χ1v) is 4.89. The fourth-order valence-corrected chi connectivity index (χ4v) is 1.51. The molecule has 5 heteroatoms. The van der Waals surface area contributed by atoms with E-state index < -0.39 is 9.84 Å². The molecule has 0 fully saturated rings. The van der Waals surface area contributed by atoms with Crippen molar-refractivity contribution in [3.05, 3.63) is 0 Å². The Morgan fingerprint density at radius 1 is 1.00 bits per heavy atom. The van der Waals surface area contributed by atoms with E-state index in [1.165, 1.54) is 0 Å². The smallest absolute Gasteiger partial charge is 0.152 e. The van der Waals surface area contributed by atoms with E-state index in [2.05, 4.69) is 0 Å². The molecule has 0 heterocycles. The lowest BCUT2D eigenvalue weighted by atomic mass is 10.5. The average molecular weight is 172 g/mol. The number of nitrogens with zero attached hydrogens (tertiary/aromatic N) is 2. The maximum absolute atomic E-state index is 10.8. The zero-order valence-electron chi connectivity index (χ0n) is 5.95. The molecule has 0 saturated carbocycles. The molecule has 0 aliphatic carbocycles. The lowest BCUT2D eigenvalue weighted by Crippen LogP contribution is -2.09. The minimum absolute atomic E-state index is 0.00770. The van der Waals surface area contributed by atoms with E-state index in [-0.39, 0.29) is 24.3 Å². The van der Waals surface area contributed by atoms with Crippen LogP contribution < -0.4 is 0 Å². The Labute approximate surface area is 66.0 Å². The van der Waals surface area contributed by atoms with E-state index in [0.29, 0.717) is 0 Å². The van der Waals surface area contributed by atoms with Crippen LogP contribution in [0.15, 0.2) is 0 Å². The Morgan fingerprint density at radius 3 is 1.64 bits per heavy atom. The van der Waals surface area contributed by atoms with Crippen LogP contribution >= 0.6 is 0 Å². The zero-order valence-corrected chi connectivity index (χ0v) is 6.76. The van der Waals surface area contributed by atoms with Gasteiger partial charge in [-0.05, 0) is 0 Å². The monoisotopic (exact) mass is 172 g/mol. The molecule has 0 aliphatic rings. The van der Waals surface area contributed by atoms with Crippen molar-refractivity contribution in [3.63, 3.8) is 0 Å². The van der Waals surface area contributed by atoms with E-state index >= 15 is 0 Å². The fraction of sp³-hybridized carbons (Fsp3) is 0.667. The molecule has 0 radical (unpaired) electrons. The second-order valence-electron chi connectivity index (χ2n) is 1.97. The van der Waals surface area contributed by atoms with Gasteiger partial charge in [0.2, 0.25) is 0 Å². The van der Waals surface area contributed by atoms with Crippen LogP contribution in [0.2, 0.25) is 0 Å². The first-order valence-electron chi connectivity index (χ1n) is 3.07. The average Bonchev–Trinajstić information content (AvgIpc) is 1.97. The molecular weight excluding hydrogens is 164 g/mol. The Balaban J connectivity index is 3.86. The summed E-state index contributed by atoms with van der Waals surface area (Å²) in [5, 5.41) is 16.2. The van der Waals surface area contributed by atoms with Gasteiger partial charge in [-0.2, -0.15) is 10.5 Å². The molecule has 4 nitrogen and oxygen atoms in total. The SMILES string of the molecule is N#CCCS(=O)(=O)CCC#N. The van der Waals surface area contributed by atoms with E-state index in [1.807, 2.05) is 0 Å². The van der Waals surface area contributed by atoms with Gasteiger partial charge >= 0.3 is 0 Å². The molecule has 0 unspecified atom stereocenters. The predicted octanol–water partition coefficient (Wildman–Crippen LogP) is 0.229. The van der Waals surface area contributed by atoms with Gasteiger partial charge in [0.1, 0.15) is 0 Å². The highest BCUT2D eigenvalue weighted by Crippen LogP contribution is 1.95. The van der Waals surface area contributed by atoms with Crippen LogP contribution in [-0.2, 0) is 9.84 Å². The van der Waals surface area contributed by atoms with Crippen LogP contribution in [0.1, 0.15) is 12.8 Å². The molecule has 0 aliphatic heterocycles. The second kappa shape index (κ2) is 4.70. The summed E-state index contributed by atoms with van der Waals surface area (Å²) in [5.74, 6) is -0.268. The standard InChI is InChI=1S/C6H8N2O2S/c7-3-1-5-11(9,10)6-2-4-8/h1-2,5-6H2. The van der Waals surface area contributed by atoms with Crippen molar-refractivity contribution in [2.24, 2.45) is 0 Å². The van der Waals surface area contributed by atoms with Crippen molar-refractivity contribution in [3.8, 4) is 12.1 Å². The summed E-state index contributed by atoms with van der Waals surface area (Å²) >= 11 is 0. The maximum Gasteiger partial charge on any atom is 0.152 e. The number of nitriles is 2. The highest BCUT2D eigenvalue weighted by atomic mass is 32.2. The Hall–Kier alpha value is -1.07. The van der Waals surface area contributed by atoms with E-state index in [0.717, 1.165) is 0 Å². The largest absolute Gasteiger partial charge is 0.229 e. The van der Waals surface area contributed by atoms with Crippen LogP contribution in [-0.4, -0.2) is 19.9 Å². The van der Waals surface area contributed by atoms with Crippen molar-refractivity contribution in [1.29, 1.82) is 10.5 Å². The summed E-state index contributed by atoms with van der Waals surface area (Å²) in [7, 11) is -3.15. The third-order valence-corrected chi connectivity index (χ3v) is 2.70. The van der Waals surface area contributed by atoms with Crippen LogP contribution in [0.5, 0.6) is 0 Å². The first kappa shape index (κ1) is 9.93. The molecule has 0 rings (SSSR count). The lowest BCUT2D eigenvalue weighted by Gasteiger charge is -1.95. The van der Waals surface area contributed by atoms with Crippen LogP contribution in [0.3, 0.4) is 0 Å². The number of hydrogen-bond acceptors (Lipinski definition) is 4. The first-order chi connectivity index (χ1) is 5.12. The topological polar surface area (TPSA) is 81.7 Å². The van der Waals surface area contributed by atoms with Crippen molar-refractivity contribution >= 4 is 9.84 Å². The number of sulfone groups is 1. The molecule has 0 bridgehead atoms. The number of rotatable bonds is 4. The molecule has 0 spiro atoms. The van der Waals surface area contributed by atoms with E-state index in [4.69, 9.17) is 10.5 Å². The summed E-state index contributed by atoms with van der Waals surface area (Å²) in [5.41, 5.74) is 0. The summed E-state index contributed by atoms with van der Waals surface area (Å²) < 4.78 is 21.7. The molecule has 0 aromatic carbocycles. The van der Waals surface area contributed by atoms with Gasteiger partial charge < -0.3 is 0 Å². The molecule has 0 saturated heterocycles. The maximum atomic E-state index is 10.8. The fourth-order valence-electron chi connectivity index (χ4n) is 0.504. The summed E-state index contributed by atoms with van der Waals surface area (Å²) in [6, 6.07) is 3.48. The van der Waals surface area contributed by atoms with Gasteiger partial charge in [0.25, 0.3) is 0 Å². The van der Waals surface area contributed by atoms with Crippen molar-refractivity contribution in [2.45, 2.75) is 12.8 Å². The minimum Gasteiger partial charge on any atom is -0.229 e. The van der Waals surface area contributed by atoms with Gasteiger partial charge in [-0.25, -0.2) is 8.42 Å². The van der Waals surface area contributed by atoms with Crippen LogP contribution in [0, 0.1) is 22.7 Å². The molecule has 11 heavy (non-hydrogen) atoms. The molecule has 0 aromatic heterocycles. The molecule has 0 atom stereocenters. The van der Waals surface area contributed by atoms with Crippen LogP contribution in [0.4, 0.5) is 0 Å². The predicted molar refractivity (Wildman–Crippen MR) is 39.1 cm³/mol. The third-order valence-electron chi connectivity index (χ3n) is 1.05. The van der Waals surface area contributed by atoms with Gasteiger partial charge in [0, 0.05) is 12.8 Å².